The van der Waals surface area contributed by atoms with Gasteiger partial charge in [0.25, 0.3) is 0 Å². The molecule has 0 aliphatic carbocycles. The lowest BCUT2D eigenvalue weighted by Gasteiger charge is -2.20. The van der Waals surface area contributed by atoms with E-state index in [-0.39, 0.29) is 0 Å². The molecule has 0 saturated carbocycles. The average Bonchev–Trinajstić information content (AvgIpc) is 2.58. The van der Waals surface area contributed by atoms with Crippen LogP contribution in [0.4, 0.5) is 0 Å². The molecule has 0 aliphatic rings. The second-order valence-corrected chi connectivity index (χ2v) is 5.84. The maximum Gasteiger partial charge on any atom is -0.000671 e. The van der Waals surface area contributed by atoms with Crippen LogP contribution in [-0.4, -0.2) is 75.2 Å². The van der Waals surface area contributed by atoms with E-state index in [1.165, 1.54) is 13.0 Å². The van der Waals surface area contributed by atoms with Gasteiger partial charge >= 0.3 is 0 Å². The molecule has 6 nitrogen and oxygen atoms in total. The first-order chi connectivity index (χ1) is 11.2. The van der Waals surface area contributed by atoms with Crippen molar-refractivity contribution in [3.05, 3.63) is 0 Å². The van der Waals surface area contributed by atoms with Gasteiger partial charge in [-0.25, -0.2) is 0 Å². The van der Waals surface area contributed by atoms with E-state index in [1.54, 1.807) is 0 Å². The summed E-state index contributed by atoms with van der Waals surface area (Å²) in [5.41, 5.74) is 21.7. The SMILES string of the molecule is CCCN(CCCN)CCCN.CCN(CCCN)CCCN. The van der Waals surface area contributed by atoms with E-state index in [2.05, 4.69) is 23.6 Å². The third-order valence-electron chi connectivity index (χ3n) is 3.70. The second kappa shape index (κ2) is 21.8. The molecule has 23 heavy (non-hydrogen) atoms. The van der Waals surface area contributed by atoms with Crippen molar-refractivity contribution in [2.45, 2.75) is 46.0 Å². The molecule has 0 radical (unpaired) electrons. The molecule has 0 atom stereocenters. The van der Waals surface area contributed by atoms with Crippen LogP contribution in [0.1, 0.15) is 46.0 Å². The van der Waals surface area contributed by atoms with E-state index in [1.807, 2.05) is 0 Å². The molecule has 142 valence electrons. The first-order valence-electron chi connectivity index (χ1n) is 9.44. The van der Waals surface area contributed by atoms with Crippen LogP contribution >= 0.6 is 0 Å². The smallest absolute Gasteiger partial charge is 0.000671 e. The Kier molecular flexibility index (Phi) is 23.7. The predicted molar refractivity (Wildman–Crippen MR) is 104 cm³/mol. The Labute approximate surface area is 144 Å². The van der Waals surface area contributed by atoms with Crippen molar-refractivity contribution in [1.29, 1.82) is 0 Å². The first-order valence-corrected chi connectivity index (χ1v) is 9.44. The highest BCUT2D eigenvalue weighted by molar-refractivity contribution is 4.58. The van der Waals surface area contributed by atoms with Crippen LogP contribution in [0.25, 0.3) is 0 Å². The van der Waals surface area contributed by atoms with Crippen LogP contribution in [0.5, 0.6) is 0 Å². The molecule has 8 N–H and O–H groups in total. The molecule has 0 heterocycles. The van der Waals surface area contributed by atoms with Crippen LogP contribution in [0.2, 0.25) is 0 Å². The molecule has 0 aromatic rings. The van der Waals surface area contributed by atoms with Gasteiger partial charge in [-0.2, -0.15) is 0 Å². The van der Waals surface area contributed by atoms with E-state index in [0.29, 0.717) is 0 Å². The van der Waals surface area contributed by atoms with Crippen LogP contribution in [-0.2, 0) is 0 Å². The topological polar surface area (TPSA) is 111 Å². The van der Waals surface area contributed by atoms with Gasteiger partial charge in [0.1, 0.15) is 0 Å². The second-order valence-electron chi connectivity index (χ2n) is 5.84. The Bertz CT molecular complexity index is 188. The highest BCUT2D eigenvalue weighted by atomic mass is 15.1. The summed E-state index contributed by atoms with van der Waals surface area (Å²) in [5.74, 6) is 0. The van der Waals surface area contributed by atoms with Crippen molar-refractivity contribution in [3.8, 4) is 0 Å². The van der Waals surface area contributed by atoms with Gasteiger partial charge in [0.15, 0.2) is 0 Å². The lowest BCUT2D eigenvalue weighted by molar-refractivity contribution is 0.270. The molecule has 0 bridgehead atoms. The van der Waals surface area contributed by atoms with Gasteiger partial charge in [-0.15, -0.1) is 0 Å². The number of nitrogens with zero attached hydrogens (tertiary/aromatic N) is 2. The minimum absolute atomic E-state index is 0.791. The molecule has 6 heteroatoms. The van der Waals surface area contributed by atoms with Gasteiger partial charge in [-0.1, -0.05) is 13.8 Å². The third-order valence-corrected chi connectivity index (χ3v) is 3.70. The maximum atomic E-state index is 5.45. The number of rotatable bonds is 15. The Balaban J connectivity index is 0. The van der Waals surface area contributed by atoms with Crippen LogP contribution < -0.4 is 22.9 Å². The highest BCUT2D eigenvalue weighted by Gasteiger charge is 2.01. The van der Waals surface area contributed by atoms with Gasteiger partial charge in [0.05, 0.1) is 0 Å². The molecule has 0 aliphatic heterocycles. The number of hydrogen-bond donors (Lipinski definition) is 4. The summed E-state index contributed by atoms with van der Waals surface area (Å²) in [6.45, 7) is 14.3. The summed E-state index contributed by atoms with van der Waals surface area (Å²) >= 11 is 0. The fourth-order valence-corrected chi connectivity index (χ4v) is 2.34. The van der Waals surface area contributed by atoms with Gasteiger partial charge < -0.3 is 32.7 Å². The van der Waals surface area contributed by atoms with E-state index in [4.69, 9.17) is 22.9 Å². The minimum Gasteiger partial charge on any atom is -0.330 e. The predicted octanol–water partition coefficient (Wildman–Crippen LogP) is 0.402. The van der Waals surface area contributed by atoms with E-state index in [0.717, 1.165) is 84.6 Å². The summed E-state index contributed by atoms with van der Waals surface area (Å²) in [5, 5.41) is 0. The summed E-state index contributed by atoms with van der Waals surface area (Å²) in [4.78, 5) is 4.83. The molecule has 0 saturated heterocycles. The van der Waals surface area contributed by atoms with E-state index >= 15 is 0 Å². The Hall–Kier alpha value is -0.240. The molecule has 0 aromatic heterocycles. The van der Waals surface area contributed by atoms with E-state index < -0.39 is 0 Å². The summed E-state index contributed by atoms with van der Waals surface area (Å²) in [7, 11) is 0. The zero-order chi connectivity index (χ0) is 17.8. The zero-order valence-electron chi connectivity index (χ0n) is 15.8. The van der Waals surface area contributed by atoms with Crippen LogP contribution in [0.15, 0.2) is 0 Å². The first kappa shape index (κ1) is 25.0. The molecule has 0 spiro atoms. The molecular formula is C17H44N6. The van der Waals surface area contributed by atoms with Crippen LogP contribution in [0.3, 0.4) is 0 Å². The molecular weight excluding hydrogens is 288 g/mol. The van der Waals surface area contributed by atoms with Crippen molar-refractivity contribution in [1.82, 2.24) is 9.80 Å². The number of nitrogens with two attached hydrogens (primary N) is 4. The Morgan fingerprint density at radius 3 is 1.13 bits per heavy atom. The Morgan fingerprint density at radius 1 is 0.522 bits per heavy atom. The fraction of sp³-hybridized carbons (Fsp3) is 1.00. The summed E-state index contributed by atoms with van der Waals surface area (Å²) < 4.78 is 0. The van der Waals surface area contributed by atoms with Gasteiger partial charge in [-0.3, -0.25) is 0 Å². The third kappa shape index (κ3) is 19.7. The minimum atomic E-state index is 0.791. The van der Waals surface area contributed by atoms with E-state index in [9.17, 15) is 0 Å². The standard InChI is InChI=1S/C9H23N3.C8H21N3/c1-2-7-12(8-3-5-10)9-4-6-11;1-2-11(7-3-5-9)8-4-6-10/h2-11H2,1H3;2-10H2,1H3. The van der Waals surface area contributed by atoms with Gasteiger partial charge in [0.2, 0.25) is 0 Å². The largest absolute Gasteiger partial charge is 0.330 e. The van der Waals surface area contributed by atoms with Gasteiger partial charge in [0, 0.05) is 0 Å². The molecule has 0 amide bonds. The Morgan fingerprint density at radius 2 is 0.870 bits per heavy atom. The quantitative estimate of drug-likeness (QED) is 0.345. The monoisotopic (exact) mass is 332 g/mol. The van der Waals surface area contributed by atoms with Crippen molar-refractivity contribution in [2.75, 3.05) is 65.4 Å². The zero-order valence-corrected chi connectivity index (χ0v) is 15.8. The molecule has 0 fully saturated rings. The molecule has 0 rings (SSSR count). The lowest BCUT2D eigenvalue weighted by atomic mass is 10.3. The van der Waals surface area contributed by atoms with Crippen molar-refractivity contribution in [3.63, 3.8) is 0 Å². The average molecular weight is 333 g/mol. The maximum absolute atomic E-state index is 5.45. The van der Waals surface area contributed by atoms with Crippen molar-refractivity contribution in [2.24, 2.45) is 22.9 Å². The summed E-state index contributed by atoms with van der Waals surface area (Å²) in [6.07, 6.45) is 5.61. The summed E-state index contributed by atoms with van der Waals surface area (Å²) in [6, 6.07) is 0. The lowest BCUT2D eigenvalue weighted by Crippen LogP contribution is -2.29. The molecule has 0 aromatic carbocycles. The van der Waals surface area contributed by atoms with Crippen molar-refractivity contribution >= 4 is 0 Å². The highest BCUT2D eigenvalue weighted by Crippen LogP contribution is 1.95. The van der Waals surface area contributed by atoms with Crippen LogP contribution in [0, 0.1) is 0 Å². The fourth-order valence-electron chi connectivity index (χ4n) is 2.34. The van der Waals surface area contributed by atoms with Crippen molar-refractivity contribution < 1.29 is 0 Å². The van der Waals surface area contributed by atoms with Gasteiger partial charge in [-0.05, 0) is 97.6 Å². The normalized spacial score (nSPS) is 11.0. The number of hydrogen-bond acceptors (Lipinski definition) is 6. The molecule has 0 unspecified atom stereocenters.